The largest absolute Gasteiger partial charge is 0.335 e. The number of carbonyl (C=O) groups excluding carboxylic acids is 1. The molecule has 0 spiro atoms. The molecule has 0 saturated carbocycles. The molecule has 1 amide bonds. The molecule has 8 heteroatoms. The summed E-state index contributed by atoms with van der Waals surface area (Å²) in [5.74, 6) is 6.89. The number of hydrogen-bond acceptors (Lipinski definition) is 6. The number of rotatable bonds is 7. The third-order valence-electron chi connectivity index (χ3n) is 4.05. The van der Waals surface area contributed by atoms with Gasteiger partial charge in [-0.15, -0.1) is 10.2 Å². The molecule has 2 aromatic heterocycles. The fraction of sp³-hybridized carbons (Fsp3) is 0.263. The minimum absolute atomic E-state index is 0.0322. The highest BCUT2D eigenvalue weighted by atomic mass is 32.2. The van der Waals surface area contributed by atoms with Gasteiger partial charge in [0.1, 0.15) is 0 Å². The van der Waals surface area contributed by atoms with Crippen LogP contribution in [0.3, 0.4) is 0 Å². The highest BCUT2D eigenvalue weighted by molar-refractivity contribution is 7.99. The Hall–Kier alpha value is -2.87. The second-order valence-electron chi connectivity index (χ2n) is 6.31. The summed E-state index contributed by atoms with van der Waals surface area (Å²) in [6.45, 7) is 4.60. The summed E-state index contributed by atoms with van der Waals surface area (Å²) in [4.78, 5) is 18.7. The van der Waals surface area contributed by atoms with Gasteiger partial charge in [0.05, 0.1) is 5.75 Å². The smallest absolute Gasteiger partial charge is 0.233 e. The van der Waals surface area contributed by atoms with E-state index in [-0.39, 0.29) is 17.7 Å². The van der Waals surface area contributed by atoms with E-state index in [1.807, 2.05) is 61.2 Å². The molecule has 3 aromatic rings. The number of benzene rings is 1. The van der Waals surface area contributed by atoms with E-state index < -0.39 is 0 Å². The van der Waals surface area contributed by atoms with E-state index in [1.165, 1.54) is 16.4 Å². The average Bonchev–Trinajstić information content (AvgIpc) is 3.06. The summed E-state index contributed by atoms with van der Waals surface area (Å²) < 4.78 is 1.39. The van der Waals surface area contributed by atoms with Gasteiger partial charge in [-0.2, -0.15) is 0 Å². The van der Waals surface area contributed by atoms with Crippen LogP contribution in [0.4, 0.5) is 0 Å². The molecular formula is C19H22N6OS. The monoisotopic (exact) mass is 382 g/mol. The Kier molecular flexibility index (Phi) is 6.08. The molecule has 0 aliphatic heterocycles. The van der Waals surface area contributed by atoms with Crippen LogP contribution in [0.2, 0.25) is 0 Å². The van der Waals surface area contributed by atoms with Gasteiger partial charge in [-0.3, -0.25) is 9.78 Å². The SMILES string of the molecule is CC(C)N(Cc1ccccc1)C(=O)CSc1nnc(-c2cccnc2)n1N. The van der Waals surface area contributed by atoms with Crippen LogP contribution in [0.15, 0.2) is 60.0 Å². The van der Waals surface area contributed by atoms with Crippen molar-refractivity contribution in [3.63, 3.8) is 0 Å². The molecule has 0 radical (unpaired) electrons. The molecule has 2 N–H and O–H groups in total. The van der Waals surface area contributed by atoms with E-state index >= 15 is 0 Å². The van der Waals surface area contributed by atoms with Crippen molar-refractivity contribution in [2.75, 3.05) is 11.6 Å². The first-order valence-corrected chi connectivity index (χ1v) is 9.62. The molecule has 0 bridgehead atoms. The second kappa shape index (κ2) is 8.68. The maximum atomic E-state index is 12.7. The lowest BCUT2D eigenvalue weighted by Crippen LogP contribution is -2.37. The van der Waals surface area contributed by atoms with E-state index in [2.05, 4.69) is 15.2 Å². The van der Waals surface area contributed by atoms with Crippen LogP contribution in [-0.4, -0.2) is 42.5 Å². The number of nitrogens with two attached hydrogens (primary N) is 1. The van der Waals surface area contributed by atoms with Gasteiger partial charge in [-0.1, -0.05) is 42.1 Å². The van der Waals surface area contributed by atoms with Crippen molar-refractivity contribution in [1.29, 1.82) is 0 Å². The van der Waals surface area contributed by atoms with E-state index in [0.717, 1.165) is 11.1 Å². The van der Waals surface area contributed by atoms with Crippen molar-refractivity contribution in [1.82, 2.24) is 24.8 Å². The van der Waals surface area contributed by atoms with Crippen LogP contribution < -0.4 is 5.84 Å². The number of hydrogen-bond donors (Lipinski definition) is 1. The van der Waals surface area contributed by atoms with Crippen molar-refractivity contribution in [3.05, 3.63) is 60.4 Å². The number of nitrogens with zero attached hydrogens (tertiary/aromatic N) is 5. The summed E-state index contributed by atoms with van der Waals surface area (Å²) in [5, 5.41) is 8.71. The lowest BCUT2D eigenvalue weighted by molar-refractivity contribution is -0.130. The third kappa shape index (κ3) is 4.65. The number of nitrogen functional groups attached to an aromatic ring is 1. The van der Waals surface area contributed by atoms with Crippen molar-refractivity contribution >= 4 is 17.7 Å². The number of aromatic nitrogens is 4. The Morgan fingerprint density at radius 3 is 2.63 bits per heavy atom. The summed E-state index contributed by atoms with van der Waals surface area (Å²) in [6.07, 6.45) is 3.36. The van der Waals surface area contributed by atoms with Gasteiger partial charge in [-0.05, 0) is 31.5 Å². The molecule has 0 saturated heterocycles. The highest BCUT2D eigenvalue weighted by Crippen LogP contribution is 2.21. The lowest BCUT2D eigenvalue weighted by atomic mass is 10.2. The van der Waals surface area contributed by atoms with Gasteiger partial charge in [0.2, 0.25) is 11.1 Å². The van der Waals surface area contributed by atoms with Crippen LogP contribution in [0.5, 0.6) is 0 Å². The third-order valence-corrected chi connectivity index (χ3v) is 4.98. The summed E-state index contributed by atoms with van der Waals surface area (Å²) in [7, 11) is 0. The fourth-order valence-electron chi connectivity index (χ4n) is 2.62. The summed E-state index contributed by atoms with van der Waals surface area (Å²) in [5.41, 5.74) is 1.88. The molecule has 3 rings (SSSR count). The fourth-order valence-corrected chi connectivity index (χ4v) is 3.36. The van der Waals surface area contributed by atoms with Crippen LogP contribution in [0.25, 0.3) is 11.4 Å². The Labute approximate surface area is 162 Å². The number of amides is 1. The Morgan fingerprint density at radius 1 is 1.19 bits per heavy atom. The molecule has 0 unspecified atom stereocenters. The topological polar surface area (TPSA) is 89.9 Å². The van der Waals surface area contributed by atoms with E-state index in [9.17, 15) is 4.79 Å². The maximum Gasteiger partial charge on any atom is 0.233 e. The predicted octanol–water partition coefficient (Wildman–Crippen LogP) is 2.58. The summed E-state index contributed by atoms with van der Waals surface area (Å²) >= 11 is 1.28. The zero-order valence-corrected chi connectivity index (χ0v) is 16.1. The molecule has 27 heavy (non-hydrogen) atoms. The summed E-state index contributed by atoms with van der Waals surface area (Å²) in [6, 6.07) is 13.7. The van der Waals surface area contributed by atoms with Gasteiger partial charge in [0.15, 0.2) is 5.82 Å². The van der Waals surface area contributed by atoms with Crippen LogP contribution in [-0.2, 0) is 11.3 Å². The number of pyridine rings is 1. The first kappa shape index (κ1) is 18.9. The van der Waals surface area contributed by atoms with Gasteiger partial charge < -0.3 is 10.7 Å². The van der Waals surface area contributed by atoms with Crippen molar-refractivity contribution in [3.8, 4) is 11.4 Å². The lowest BCUT2D eigenvalue weighted by Gasteiger charge is -2.26. The second-order valence-corrected chi connectivity index (χ2v) is 7.25. The standard InChI is InChI=1S/C19H22N6OS/c1-14(2)24(12-15-7-4-3-5-8-15)17(26)13-27-19-23-22-18(25(19)20)16-9-6-10-21-11-16/h3-11,14H,12-13,20H2,1-2H3. The first-order valence-electron chi connectivity index (χ1n) is 8.63. The van der Waals surface area contributed by atoms with Crippen molar-refractivity contribution in [2.24, 2.45) is 0 Å². The zero-order chi connectivity index (χ0) is 19.2. The van der Waals surface area contributed by atoms with E-state index in [4.69, 9.17) is 5.84 Å². The van der Waals surface area contributed by atoms with Crippen LogP contribution in [0.1, 0.15) is 19.4 Å². The van der Waals surface area contributed by atoms with Crippen LogP contribution >= 0.6 is 11.8 Å². The molecule has 140 valence electrons. The first-order chi connectivity index (χ1) is 13.1. The predicted molar refractivity (Wildman–Crippen MR) is 106 cm³/mol. The Morgan fingerprint density at radius 2 is 1.96 bits per heavy atom. The normalized spacial score (nSPS) is 10.9. The maximum absolute atomic E-state index is 12.7. The van der Waals surface area contributed by atoms with E-state index in [1.54, 1.807) is 12.4 Å². The molecule has 0 atom stereocenters. The zero-order valence-electron chi connectivity index (χ0n) is 15.3. The minimum atomic E-state index is 0.0322. The van der Waals surface area contributed by atoms with E-state index in [0.29, 0.717) is 17.5 Å². The molecule has 7 nitrogen and oxygen atoms in total. The molecule has 1 aromatic carbocycles. The molecule has 0 aliphatic carbocycles. The van der Waals surface area contributed by atoms with Gasteiger partial charge in [0.25, 0.3) is 0 Å². The highest BCUT2D eigenvalue weighted by Gasteiger charge is 2.20. The van der Waals surface area contributed by atoms with Gasteiger partial charge in [0, 0.05) is 30.5 Å². The Bertz CT molecular complexity index is 882. The molecule has 2 heterocycles. The minimum Gasteiger partial charge on any atom is -0.335 e. The molecular weight excluding hydrogens is 360 g/mol. The van der Waals surface area contributed by atoms with Crippen LogP contribution in [0, 0.1) is 0 Å². The van der Waals surface area contributed by atoms with Gasteiger partial charge >= 0.3 is 0 Å². The quantitative estimate of drug-likeness (QED) is 0.499. The number of thioether (sulfide) groups is 1. The average molecular weight is 382 g/mol. The van der Waals surface area contributed by atoms with Crippen molar-refractivity contribution < 1.29 is 4.79 Å². The molecule has 0 fully saturated rings. The number of carbonyl (C=O) groups is 1. The molecule has 0 aliphatic rings. The Balaban J connectivity index is 1.66. The van der Waals surface area contributed by atoms with Crippen molar-refractivity contribution in [2.45, 2.75) is 31.6 Å². The van der Waals surface area contributed by atoms with Gasteiger partial charge in [-0.25, -0.2) is 4.68 Å².